The first-order valence-corrected chi connectivity index (χ1v) is 11.6. The summed E-state index contributed by atoms with van der Waals surface area (Å²) in [5.74, 6) is 0.157. The fraction of sp³-hybridized carbons (Fsp3) is 0.238. The van der Waals surface area contributed by atoms with Crippen LogP contribution in [0.4, 0.5) is 5.69 Å². The van der Waals surface area contributed by atoms with Crippen LogP contribution in [-0.2, 0) is 17.1 Å². The molecular weight excluding hydrogens is 448 g/mol. The lowest BCUT2D eigenvalue weighted by atomic mass is 10.2. The highest BCUT2D eigenvalue weighted by Gasteiger charge is 2.15. The van der Waals surface area contributed by atoms with Crippen LogP contribution in [0.5, 0.6) is 0 Å². The molecule has 2 heterocycles. The molecule has 0 bridgehead atoms. The fourth-order valence-corrected chi connectivity index (χ4v) is 4.41. The van der Waals surface area contributed by atoms with Crippen molar-refractivity contribution in [2.45, 2.75) is 36.5 Å². The Balaban J connectivity index is 1.61. The Labute approximate surface area is 193 Å². The standard InChI is InChI=1S/C21H22N6O3S2/c1-4-9-27-17(11-31-20-22-13(2)10-14(3)23-20)25-26-21(27)32-12-18(28)24-16-7-5-15(6-8-16)19(29)30/h4-8,10H,1,9,11-12H2,2-3H3,(H,24,28)(H,29,30). The number of hydrogen-bond acceptors (Lipinski definition) is 8. The van der Waals surface area contributed by atoms with E-state index in [1.54, 1.807) is 18.2 Å². The Morgan fingerprint density at radius 3 is 2.44 bits per heavy atom. The average Bonchev–Trinajstić information content (AvgIpc) is 3.12. The summed E-state index contributed by atoms with van der Waals surface area (Å²) in [6, 6.07) is 7.90. The molecule has 0 aliphatic rings. The zero-order valence-electron chi connectivity index (χ0n) is 17.6. The summed E-state index contributed by atoms with van der Waals surface area (Å²) in [5, 5.41) is 21.5. The molecule has 3 aromatic rings. The third-order valence-electron chi connectivity index (χ3n) is 4.15. The largest absolute Gasteiger partial charge is 0.478 e. The summed E-state index contributed by atoms with van der Waals surface area (Å²) >= 11 is 2.74. The maximum atomic E-state index is 12.3. The number of aryl methyl sites for hydroxylation is 2. The Bertz CT molecular complexity index is 1110. The van der Waals surface area contributed by atoms with Gasteiger partial charge in [-0.2, -0.15) is 0 Å². The Hall–Kier alpha value is -3.18. The van der Waals surface area contributed by atoms with Crippen LogP contribution >= 0.6 is 23.5 Å². The van der Waals surface area contributed by atoms with Gasteiger partial charge in [-0.05, 0) is 44.2 Å². The minimum Gasteiger partial charge on any atom is -0.478 e. The minimum atomic E-state index is -1.02. The number of thioether (sulfide) groups is 2. The average molecular weight is 471 g/mol. The second-order valence-corrected chi connectivity index (χ2v) is 8.62. The molecule has 0 spiro atoms. The molecule has 0 radical (unpaired) electrons. The number of nitrogens with zero attached hydrogens (tertiary/aromatic N) is 5. The van der Waals surface area contributed by atoms with E-state index in [-0.39, 0.29) is 17.2 Å². The van der Waals surface area contributed by atoms with Gasteiger partial charge < -0.3 is 15.0 Å². The van der Waals surface area contributed by atoms with Crippen LogP contribution in [-0.4, -0.2) is 47.5 Å². The van der Waals surface area contributed by atoms with Gasteiger partial charge in [0.1, 0.15) is 5.82 Å². The quantitative estimate of drug-likeness (QED) is 0.260. The summed E-state index contributed by atoms with van der Waals surface area (Å²) in [6.45, 7) is 8.16. The molecule has 1 amide bonds. The van der Waals surface area contributed by atoms with Crippen LogP contribution in [0.1, 0.15) is 27.6 Å². The highest BCUT2D eigenvalue weighted by molar-refractivity contribution is 7.99. The molecule has 0 saturated heterocycles. The van der Waals surface area contributed by atoms with Crippen LogP contribution < -0.4 is 5.32 Å². The number of aromatic carboxylic acids is 1. The fourth-order valence-electron chi connectivity index (χ4n) is 2.76. The lowest BCUT2D eigenvalue weighted by molar-refractivity contribution is -0.113. The van der Waals surface area contributed by atoms with Crippen molar-refractivity contribution >= 4 is 41.1 Å². The molecule has 0 saturated carbocycles. The first-order chi connectivity index (χ1) is 15.4. The number of amides is 1. The molecule has 0 aliphatic heterocycles. The number of aromatic nitrogens is 5. The van der Waals surface area contributed by atoms with E-state index in [1.165, 1.54) is 35.7 Å². The van der Waals surface area contributed by atoms with Crippen LogP contribution in [0.25, 0.3) is 0 Å². The van der Waals surface area contributed by atoms with Gasteiger partial charge >= 0.3 is 5.97 Å². The van der Waals surface area contributed by atoms with Crippen molar-refractivity contribution in [1.82, 2.24) is 24.7 Å². The van der Waals surface area contributed by atoms with Gasteiger partial charge in [0.15, 0.2) is 10.3 Å². The molecule has 2 aromatic heterocycles. The number of carbonyl (C=O) groups is 2. The Kier molecular flexibility index (Phi) is 8.01. The lowest BCUT2D eigenvalue weighted by Crippen LogP contribution is -2.15. The lowest BCUT2D eigenvalue weighted by Gasteiger charge is -2.08. The second-order valence-electron chi connectivity index (χ2n) is 6.74. The van der Waals surface area contributed by atoms with Gasteiger partial charge in [0.25, 0.3) is 0 Å². The van der Waals surface area contributed by atoms with Crippen molar-refractivity contribution in [2.24, 2.45) is 0 Å². The number of benzene rings is 1. The first-order valence-electron chi connectivity index (χ1n) is 9.59. The predicted octanol–water partition coefficient (Wildman–Crippen LogP) is 3.59. The van der Waals surface area contributed by atoms with Crippen molar-refractivity contribution in [3.8, 4) is 0 Å². The number of allylic oxidation sites excluding steroid dienone is 1. The van der Waals surface area contributed by atoms with E-state index in [9.17, 15) is 9.59 Å². The van der Waals surface area contributed by atoms with E-state index in [2.05, 4.69) is 32.1 Å². The van der Waals surface area contributed by atoms with Crippen molar-refractivity contribution in [3.05, 3.63) is 65.8 Å². The molecule has 0 aliphatic carbocycles. The molecule has 3 rings (SSSR count). The molecule has 32 heavy (non-hydrogen) atoms. The van der Waals surface area contributed by atoms with E-state index >= 15 is 0 Å². The molecule has 166 valence electrons. The van der Waals surface area contributed by atoms with Gasteiger partial charge in [-0.1, -0.05) is 29.6 Å². The first kappa shape index (κ1) is 23.5. The predicted molar refractivity (Wildman–Crippen MR) is 124 cm³/mol. The van der Waals surface area contributed by atoms with Gasteiger partial charge in [-0.15, -0.1) is 16.8 Å². The van der Waals surface area contributed by atoms with Crippen LogP contribution in [0.15, 0.2) is 53.3 Å². The van der Waals surface area contributed by atoms with E-state index in [0.717, 1.165) is 17.2 Å². The molecular formula is C21H22N6O3S2. The van der Waals surface area contributed by atoms with Crippen LogP contribution in [0, 0.1) is 13.8 Å². The monoisotopic (exact) mass is 470 g/mol. The Morgan fingerprint density at radius 1 is 1.12 bits per heavy atom. The topological polar surface area (TPSA) is 123 Å². The Morgan fingerprint density at radius 2 is 1.81 bits per heavy atom. The zero-order chi connectivity index (χ0) is 23.1. The summed E-state index contributed by atoms with van der Waals surface area (Å²) in [7, 11) is 0. The van der Waals surface area contributed by atoms with Crippen LogP contribution in [0.2, 0.25) is 0 Å². The molecule has 0 fully saturated rings. The van der Waals surface area contributed by atoms with Crippen molar-refractivity contribution < 1.29 is 14.7 Å². The van der Waals surface area contributed by atoms with E-state index in [0.29, 0.717) is 28.3 Å². The maximum absolute atomic E-state index is 12.3. The number of hydrogen-bond donors (Lipinski definition) is 2. The van der Waals surface area contributed by atoms with E-state index in [1.807, 2.05) is 24.5 Å². The van der Waals surface area contributed by atoms with Crippen molar-refractivity contribution in [1.29, 1.82) is 0 Å². The molecule has 0 atom stereocenters. The van der Waals surface area contributed by atoms with Gasteiger partial charge in [-0.3, -0.25) is 4.79 Å². The number of rotatable bonds is 10. The van der Waals surface area contributed by atoms with Crippen molar-refractivity contribution in [3.63, 3.8) is 0 Å². The normalized spacial score (nSPS) is 10.7. The third-order valence-corrected chi connectivity index (χ3v) is 5.96. The molecule has 9 nitrogen and oxygen atoms in total. The van der Waals surface area contributed by atoms with Gasteiger partial charge in [0.2, 0.25) is 5.91 Å². The van der Waals surface area contributed by atoms with E-state index in [4.69, 9.17) is 5.11 Å². The van der Waals surface area contributed by atoms with Crippen LogP contribution in [0.3, 0.4) is 0 Å². The van der Waals surface area contributed by atoms with Gasteiger partial charge in [0.05, 0.1) is 17.1 Å². The number of carbonyl (C=O) groups excluding carboxylic acids is 1. The summed E-state index contributed by atoms with van der Waals surface area (Å²) in [5.41, 5.74) is 2.50. The van der Waals surface area contributed by atoms with Gasteiger partial charge in [-0.25, -0.2) is 14.8 Å². The molecule has 0 unspecified atom stereocenters. The van der Waals surface area contributed by atoms with E-state index < -0.39 is 5.97 Å². The SMILES string of the molecule is C=CCn1c(CSc2nc(C)cc(C)n2)nnc1SCC(=O)Nc1ccc(C(=O)O)cc1. The highest BCUT2D eigenvalue weighted by atomic mass is 32.2. The zero-order valence-corrected chi connectivity index (χ0v) is 19.2. The molecule has 1 aromatic carbocycles. The van der Waals surface area contributed by atoms with Crippen molar-refractivity contribution in [2.75, 3.05) is 11.1 Å². The number of carboxylic acid groups (broad SMARTS) is 1. The number of anilines is 1. The third kappa shape index (κ3) is 6.41. The molecule has 2 N–H and O–H groups in total. The summed E-state index contributed by atoms with van der Waals surface area (Å²) in [6.07, 6.45) is 1.75. The van der Waals surface area contributed by atoms with Gasteiger partial charge in [0, 0.05) is 23.6 Å². The smallest absolute Gasteiger partial charge is 0.335 e. The number of nitrogens with one attached hydrogen (secondary N) is 1. The number of carboxylic acids is 1. The summed E-state index contributed by atoms with van der Waals surface area (Å²) < 4.78 is 1.91. The second kappa shape index (κ2) is 10.9. The maximum Gasteiger partial charge on any atom is 0.335 e. The molecule has 11 heteroatoms. The minimum absolute atomic E-state index is 0.128. The highest BCUT2D eigenvalue weighted by Crippen LogP contribution is 2.23. The summed E-state index contributed by atoms with van der Waals surface area (Å²) in [4.78, 5) is 32.1.